The van der Waals surface area contributed by atoms with E-state index in [-0.39, 0.29) is 0 Å². The molecule has 3 nitrogen and oxygen atoms in total. The monoisotopic (exact) mass is 323 g/mol. The summed E-state index contributed by atoms with van der Waals surface area (Å²) in [6.07, 6.45) is 3.22. The quantitative estimate of drug-likeness (QED) is 0.448. The number of hydrogen-bond donors (Lipinski definition) is 0. The highest BCUT2D eigenvalue weighted by Gasteiger charge is 2.23. The number of hydrogen-bond acceptors (Lipinski definition) is 3. The number of methoxy groups -OCH3 is 1. The van der Waals surface area contributed by atoms with Gasteiger partial charge in [-0.3, -0.25) is 0 Å². The van der Waals surface area contributed by atoms with E-state index < -0.39 is 6.00 Å². The van der Waals surface area contributed by atoms with Crippen molar-refractivity contribution >= 4 is 39.2 Å². The van der Waals surface area contributed by atoms with Gasteiger partial charge in [0, 0.05) is 0 Å². The lowest BCUT2D eigenvalue weighted by Gasteiger charge is -2.09. The first-order valence-corrected chi connectivity index (χ1v) is 10.5. The molecular formula is C11H12Cl3NO2Si. The van der Waals surface area contributed by atoms with Crippen LogP contribution >= 0.6 is 33.2 Å². The van der Waals surface area contributed by atoms with Crippen molar-refractivity contribution in [3.8, 4) is 17.8 Å². The molecular weight excluding hydrogens is 313 g/mol. The first-order chi connectivity index (χ1) is 8.46. The van der Waals surface area contributed by atoms with Gasteiger partial charge < -0.3 is 9.47 Å². The Morgan fingerprint density at radius 1 is 1.28 bits per heavy atom. The van der Waals surface area contributed by atoms with Crippen molar-refractivity contribution in [2.24, 2.45) is 0 Å². The first-order valence-electron chi connectivity index (χ1n) is 5.26. The Labute approximate surface area is 121 Å². The van der Waals surface area contributed by atoms with E-state index in [4.69, 9.17) is 48.0 Å². The number of benzene rings is 1. The highest BCUT2D eigenvalue weighted by molar-refractivity contribution is 7.64. The van der Waals surface area contributed by atoms with E-state index in [0.29, 0.717) is 17.5 Å². The molecule has 0 aliphatic rings. The third-order valence-electron chi connectivity index (χ3n) is 2.31. The van der Waals surface area contributed by atoms with Gasteiger partial charge in [0.1, 0.15) is 0 Å². The van der Waals surface area contributed by atoms with Crippen molar-refractivity contribution in [2.75, 3.05) is 7.11 Å². The van der Waals surface area contributed by atoms with Crippen LogP contribution in [0.4, 0.5) is 0 Å². The van der Waals surface area contributed by atoms with Crippen LogP contribution in [-0.2, 0) is 6.42 Å². The van der Waals surface area contributed by atoms with E-state index in [2.05, 4.69) is 0 Å². The largest absolute Gasteiger partial charge is 0.493 e. The molecule has 0 bridgehead atoms. The van der Waals surface area contributed by atoms with Crippen LogP contribution in [0.25, 0.3) is 0 Å². The fraction of sp³-hybridized carbons (Fsp3) is 0.364. The van der Waals surface area contributed by atoms with E-state index in [9.17, 15) is 0 Å². The van der Waals surface area contributed by atoms with E-state index in [1.54, 1.807) is 12.3 Å². The highest BCUT2D eigenvalue weighted by atomic mass is 35.8. The molecule has 0 spiro atoms. The minimum atomic E-state index is -2.54. The normalized spacial score (nSPS) is 10.8. The Morgan fingerprint density at radius 2 is 2.00 bits per heavy atom. The second-order valence-corrected chi connectivity index (χ2v) is 12.9. The molecule has 98 valence electrons. The fourth-order valence-corrected chi connectivity index (χ4v) is 3.27. The van der Waals surface area contributed by atoms with Gasteiger partial charge in [-0.15, -0.1) is 38.5 Å². The molecule has 0 aliphatic heterocycles. The molecule has 1 aromatic rings. The smallest absolute Gasteiger partial charge is 0.341 e. The summed E-state index contributed by atoms with van der Waals surface area (Å²) in [5.74, 6) is 0.930. The number of nitriles is 1. The minimum Gasteiger partial charge on any atom is -0.493 e. The van der Waals surface area contributed by atoms with Crippen LogP contribution in [0.1, 0.15) is 12.0 Å². The predicted molar refractivity (Wildman–Crippen MR) is 75.7 cm³/mol. The third-order valence-corrected chi connectivity index (χ3v) is 4.93. The summed E-state index contributed by atoms with van der Waals surface area (Å²) in [5.41, 5.74) is 1.06. The zero-order valence-electron chi connectivity index (χ0n) is 9.75. The molecule has 0 saturated carbocycles. The van der Waals surface area contributed by atoms with Gasteiger partial charge in [0.05, 0.1) is 7.11 Å². The molecule has 0 amide bonds. The topological polar surface area (TPSA) is 42.2 Å². The van der Waals surface area contributed by atoms with Crippen LogP contribution in [0, 0.1) is 11.5 Å². The van der Waals surface area contributed by atoms with Crippen LogP contribution in [0.15, 0.2) is 18.2 Å². The maximum Gasteiger partial charge on any atom is 0.341 e. The lowest BCUT2D eigenvalue weighted by molar-refractivity contribution is 0.383. The first kappa shape index (κ1) is 15.5. The maximum absolute atomic E-state index is 8.47. The molecule has 0 saturated heterocycles. The van der Waals surface area contributed by atoms with E-state index >= 15 is 0 Å². The average Bonchev–Trinajstić information content (AvgIpc) is 2.29. The molecule has 1 rings (SSSR count). The molecule has 0 N–H and O–H groups in total. The molecule has 0 unspecified atom stereocenters. The Bertz CT molecular complexity index is 443. The lowest BCUT2D eigenvalue weighted by atomic mass is 10.1. The predicted octanol–water partition coefficient (Wildman–Crippen LogP) is 4.14. The minimum absolute atomic E-state index is 0.402. The summed E-state index contributed by atoms with van der Waals surface area (Å²) in [4.78, 5) is 0. The van der Waals surface area contributed by atoms with Gasteiger partial charge in [0.15, 0.2) is 11.5 Å². The fourth-order valence-electron chi connectivity index (χ4n) is 1.49. The summed E-state index contributed by atoms with van der Waals surface area (Å²) in [6.45, 7) is 0. The molecule has 0 radical (unpaired) electrons. The van der Waals surface area contributed by atoms with Gasteiger partial charge in [0.2, 0.25) is 0 Å². The molecule has 0 aromatic heterocycles. The Hall–Kier alpha value is -0.603. The van der Waals surface area contributed by atoms with Crippen molar-refractivity contribution in [3.05, 3.63) is 23.8 Å². The van der Waals surface area contributed by atoms with Crippen LogP contribution in [0.2, 0.25) is 6.04 Å². The maximum atomic E-state index is 8.47. The van der Waals surface area contributed by atoms with Gasteiger partial charge in [0.25, 0.3) is 6.26 Å². The van der Waals surface area contributed by atoms with Crippen molar-refractivity contribution in [3.63, 3.8) is 0 Å². The van der Waals surface area contributed by atoms with Crippen LogP contribution in [0.3, 0.4) is 0 Å². The summed E-state index contributed by atoms with van der Waals surface area (Å²) >= 11 is 17.4. The number of aryl methyl sites for hydroxylation is 1. The van der Waals surface area contributed by atoms with E-state index in [1.165, 1.54) is 7.11 Å². The zero-order valence-corrected chi connectivity index (χ0v) is 13.0. The van der Waals surface area contributed by atoms with Gasteiger partial charge in [-0.25, -0.2) is 0 Å². The Morgan fingerprint density at radius 3 is 2.56 bits per heavy atom. The summed E-state index contributed by atoms with van der Waals surface area (Å²) in [7, 11) is 1.53. The van der Waals surface area contributed by atoms with Crippen LogP contribution < -0.4 is 9.47 Å². The van der Waals surface area contributed by atoms with Crippen molar-refractivity contribution in [2.45, 2.75) is 18.9 Å². The summed E-state index contributed by atoms with van der Waals surface area (Å²) < 4.78 is 9.91. The zero-order chi connectivity index (χ0) is 13.6. The van der Waals surface area contributed by atoms with Gasteiger partial charge in [-0.05, 0) is 36.6 Å². The van der Waals surface area contributed by atoms with Crippen molar-refractivity contribution in [1.29, 1.82) is 5.26 Å². The van der Waals surface area contributed by atoms with Crippen molar-refractivity contribution < 1.29 is 9.47 Å². The lowest BCUT2D eigenvalue weighted by Crippen LogP contribution is -2.08. The SMILES string of the molecule is COc1cc(CCC[Si](Cl)(Cl)Cl)ccc1OC#N. The molecule has 0 heterocycles. The van der Waals surface area contributed by atoms with E-state index in [0.717, 1.165) is 18.4 Å². The molecule has 0 fully saturated rings. The number of rotatable bonds is 6. The Balaban J connectivity index is 2.65. The summed E-state index contributed by atoms with van der Waals surface area (Å²) in [5, 5.41) is 8.47. The summed E-state index contributed by atoms with van der Waals surface area (Å²) in [6, 6.07) is 3.48. The van der Waals surface area contributed by atoms with Gasteiger partial charge in [-0.1, -0.05) is 6.07 Å². The van der Waals surface area contributed by atoms with Gasteiger partial charge >= 0.3 is 6.00 Å². The standard InChI is InChI=1S/C11H12Cl3NO2Si/c1-16-11-7-9(3-2-6-18(12,13)14)4-5-10(11)17-8-15/h4-5,7H,2-3,6H2,1H3. The van der Waals surface area contributed by atoms with Crippen LogP contribution in [-0.4, -0.2) is 13.1 Å². The molecule has 0 atom stereocenters. The highest BCUT2D eigenvalue weighted by Crippen LogP contribution is 2.30. The second-order valence-electron chi connectivity index (χ2n) is 3.65. The van der Waals surface area contributed by atoms with Crippen LogP contribution in [0.5, 0.6) is 11.5 Å². The average molecular weight is 325 g/mol. The number of nitrogens with zero attached hydrogens (tertiary/aromatic N) is 1. The number of halogens is 3. The number of ether oxygens (including phenoxy) is 2. The van der Waals surface area contributed by atoms with Crippen molar-refractivity contribution in [1.82, 2.24) is 0 Å². The van der Waals surface area contributed by atoms with E-state index in [1.807, 2.05) is 12.1 Å². The van der Waals surface area contributed by atoms with Gasteiger partial charge in [-0.2, -0.15) is 0 Å². The second kappa shape index (κ2) is 7.10. The molecule has 1 aromatic carbocycles. The molecule has 0 aliphatic carbocycles. The third kappa shape index (κ3) is 5.36. The molecule has 7 heteroatoms. The Kier molecular flexibility index (Phi) is 6.10. The molecule has 18 heavy (non-hydrogen) atoms.